The van der Waals surface area contributed by atoms with Gasteiger partial charge in [0, 0.05) is 18.2 Å². The summed E-state index contributed by atoms with van der Waals surface area (Å²) in [6.07, 6.45) is -2.85. The highest BCUT2D eigenvalue weighted by Gasteiger charge is 2.31. The number of allylic oxidation sites excluding steroid dienone is 2. The molecule has 1 atom stereocenters. The van der Waals surface area contributed by atoms with E-state index in [0.29, 0.717) is 12.8 Å². The van der Waals surface area contributed by atoms with Crippen molar-refractivity contribution in [2.75, 3.05) is 0 Å². The lowest BCUT2D eigenvalue weighted by atomic mass is 9.93. The normalized spacial score (nSPS) is 19.2. The Hall–Kier alpha value is -2.03. The van der Waals surface area contributed by atoms with Crippen LogP contribution in [0.3, 0.4) is 0 Å². The van der Waals surface area contributed by atoms with Gasteiger partial charge in [0.2, 0.25) is 0 Å². The molecule has 0 saturated carbocycles. The molecule has 0 radical (unpaired) electrons. The van der Waals surface area contributed by atoms with Gasteiger partial charge >= 0.3 is 6.36 Å². The van der Waals surface area contributed by atoms with Crippen molar-refractivity contribution >= 4 is 15.8 Å². The van der Waals surface area contributed by atoms with Crippen LogP contribution in [0, 0.1) is 5.92 Å². The van der Waals surface area contributed by atoms with Crippen molar-refractivity contribution in [2.45, 2.75) is 31.0 Å². The van der Waals surface area contributed by atoms with E-state index >= 15 is 0 Å². The Morgan fingerprint density at radius 2 is 1.78 bits per heavy atom. The molecule has 1 N–H and O–H groups in total. The lowest BCUT2D eigenvalue weighted by Crippen LogP contribution is -2.27. The van der Waals surface area contributed by atoms with Crippen molar-refractivity contribution in [3.63, 3.8) is 0 Å². The van der Waals surface area contributed by atoms with Crippen LogP contribution in [0.25, 0.3) is 0 Å². The number of sulfonamides is 1. The van der Waals surface area contributed by atoms with Crippen LogP contribution >= 0.6 is 0 Å². The standard InChI is InChI=1S/C14H14F3NO4S/c1-9-6-10(8-11(19)7-9)18-23(20,21)13-4-2-12(3-5-13)22-14(15,16)17/h2-5,8-9,18H,6-7H2,1H3. The summed E-state index contributed by atoms with van der Waals surface area (Å²) in [4.78, 5) is 11.2. The Morgan fingerprint density at radius 1 is 1.17 bits per heavy atom. The molecule has 0 amide bonds. The highest BCUT2D eigenvalue weighted by atomic mass is 32.2. The van der Waals surface area contributed by atoms with Crippen molar-refractivity contribution in [3.05, 3.63) is 36.0 Å². The fraction of sp³-hybridized carbons (Fsp3) is 0.357. The molecule has 1 aromatic carbocycles. The second-order valence-corrected chi connectivity index (χ2v) is 6.96. The second-order valence-electron chi connectivity index (χ2n) is 5.27. The Kier molecular flexibility index (Phi) is 4.69. The molecule has 0 fully saturated rings. The van der Waals surface area contributed by atoms with Gasteiger partial charge in [-0.15, -0.1) is 13.2 Å². The quantitative estimate of drug-likeness (QED) is 0.907. The van der Waals surface area contributed by atoms with Gasteiger partial charge < -0.3 is 4.74 Å². The molecule has 1 aromatic rings. The van der Waals surface area contributed by atoms with E-state index in [0.717, 1.165) is 24.3 Å². The summed E-state index contributed by atoms with van der Waals surface area (Å²) in [6, 6.07) is 3.81. The fourth-order valence-electron chi connectivity index (χ4n) is 2.23. The molecule has 1 aliphatic rings. The Balaban J connectivity index is 2.15. The summed E-state index contributed by atoms with van der Waals surface area (Å²) in [5.41, 5.74) is 0.268. The van der Waals surface area contributed by atoms with Gasteiger partial charge in [-0.2, -0.15) is 0 Å². The zero-order chi connectivity index (χ0) is 17.3. The molecule has 0 saturated heterocycles. The molecule has 9 heteroatoms. The van der Waals surface area contributed by atoms with Crippen molar-refractivity contribution < 1.29 is 31.1 Å². The summed E-state index contributed by atoms with van der Waals surface area (Å²) >= 11 is 0. The molecular formula is C14H14F3NO4S. The first kappa shape index (κ1) is 17.3. The fourth-order valence-corrected chi connectivity index (χ4v) is 3.33. The summed E-state index contributed by atoms with van der Waals surface area (Å²) in [5.74, 6) is -0.666. The molecular weight excluding hydrogens is 335 g/mol. The van der Waals surface area contributed by atoms with Gasteiger partial charge in [-0.1, -0.05) is 6.92 Å². The number of alkyl halides is 3. The average molecular weight is 349 g/mol. The zero-order valence-corrected chi connectivity index (χ0v) is 12.9. The van der Waals surface area contributed by atoms with Crippen molar-refractivity contribution in [1.29, 1.82) is 0 Å². The molecule has 0 spiro atoms. The maximum absolute atomic E-state index is 12.2. The maximum Gasteiger partial charge on any atom is 0.573 e. The van der Waals surface area contributed by atoms with Crippen LogP contribution in [0.1, 0.15) is 19.8 Å². The largest absolute Gasteiger partial charge is 0.573 e. The first-order chi connectivity index (χ1) is 10.5. The predicted molar refractivity (Wildman–Crippen MR) is 74.9 cm³/mol. The monoisotopic (exact) mass is 349 g/mol. The number of hydrogen-bond acceptors (Lipinski definition) is 4. The van der Waals surface area contributed by atoms with Crippen molar-refractivity contribution in [3.8, 4) is 5.75 Å². The first-order valence-corrected chi connectivity index (χ1v) is 8.15. The van der Waals surface area contributed by atoms with Crippen LogP contribution in [-0.2, 0) is 14.8 Å². The molecule has 2 rings (SSSR count). The number of carbonyl (C=O) groups is 1. The Bertz CT molecular complexity index is 723. The van der Waals surface area contributed by atoms with Crippen LogP contribution in [0.4, 0.5) is 13.2 Å². The van der Waals surface area contributed by atoms with E-state index < -0.39 is 22.1 Å². The van der Waals surface area contributed by atoms with Gasteiger partial charge in [-0.05, 0) is 36.6 Å². The van der Waals surface area contributed by atoms with Gasteiger partial charge in [-0.3, -0.25) is 9.52 Å². The minimum atomic E-state index is -4.85. The molecule has 0 aromatic heterocycles. The number of halogens is 3. The van der Waals surface area contributed by atoms with Crippen molar-refractivity contribution in [1.82, 2.24) is 4.72 Å². The third-order valence-electron chi connectivity index (χ3n) is 3.09. The zero-order valence-electron chi connectivity index (χ0n) is 12.1. The number of ketones is 1. The number of carbonyl (C=O) groups excluding carboxylic acids is 1. The van der Waals surface area contributed by atoms with Crippen LogP contribution < -0.4 is 9.46 Å². The van der Waals surface area contributed by atoms with Crippen LogP contribution in [-0.4, -0.2) is 20.6 Å². The van der Waals surface area contributed by atoms with Gasteiger partial charge in [0.15, 0.2) is 5.78 Å². The molecule has 0 heterocycles. The van der Waals surface area contributed by atoms with Crippen LogP contribution in [0.2, 0.25) is 0 Å². The molecule has 5 nitrogen and oxygen atoms in total. The Morgan fingerprint density at radius 3 is 2.30 bits per heavy atom. The topological polar surface area (TPSA) is 72.5 Å². The van der Waals surface area contributed by atoms with Crippen molar-refractivity contribution in [2.24, 2.45) is 5.92 Å². The van der Waals surface area contributed by atoms with Gasteiger partial charge in [0.05, 0.1) is 4.90 Å². The predicted octanol–water partition coefficient (Wildman–Crippen LogP) is 2.75. The number of rotatable bonds is 4. The molecule has 0 aliphatic heterocycles. The first-order valence-electron chi connectivity index (χ1n) is 6.67. The minimum Gasteiger partial charge on any atom is -0.406 e. The Labute approximate surface area is 131 Å². The van der Waals surface area contributed by atoms with Crippen LogP contribution in [0.5, 0.6) is 5.75 Å². The van der Waals surface area contributed by atoms with Gasteiger partial charge in [0.1, 0.15) is 5.75 Å². The van der Waals surface area contributed by atoms with Crippen LogP contribution in [0.15, 0.2) is 40.9 Å². The smallest absolute Gasteiger partial charge is 0.406 e. The van der Waals surface area contributed by atoms with E-state index in [1.54, 1.807) is 0 Å². The third-order valence-corrected chi connectivity index (χ3v) is 4.51. The lowest BCUT2D eigenvalue weighted by Gasteiger charge is -2.19. The minimum absolute atomic E-state index is 0.0211. The number of benzene rings is 1. The summed E-state index contributed by atoms with van der Waals surface area (Å²) in [7, 11) is -3.97. The van der Waals surface area contributed by atoms with E-state index in [4.69, 9.17) is 0 Å². The van der Waals surface area contributed by atoms with E-state index in [1.807, 2.05) is 6.92 Å². The van der Waals surface area contributed by atoms with E-state index in [9.17, 15) is 26.4 Å². The summed E-state index contributed by atoms with van der Waals surface area (Å²) < 4.78 is 66.5. The highest BCUT2D eigenvalue weighted by Crippen LogP contribution is 2.25. The molecule has 1 unspecified atom stereocenters. The van der Waals surface area contributed by atoms with E-state index in [1.165, 1.54) is 6.08 Å². The molecule has 23 heavy (non-hydrogen) atoms. The molecule has 126 valence electrons. The maximum atomic E-state index is 12.2. The highest BCUT2D eigenvalue weighted by molar-refractivity contribution is 7.89. The number of hydrogen-bond donors (Lipinski definition) is 1. The van der Waals surface area contributed by atoms with Gasteiger partial charge in [-0.25, -0.2) is 8.42 Å². The summed E-state index contributed by atoms with van der Waals surface area (Å²) in [5, 5.41) is 0. The molecule has 0 bridgehead atoms. The third kappa shape index (κ3) is 4.98. The lowest BCUT2D eigenvalue weighted by molar-refractivity contribution is -0.274. The number of nitrogens with one attached hydrogen (secondary N) is 1. The molecule has 1 aliphatic carbocycles. The van der Waals surface area contributed by atoms with E-state index in [2.05, 4.69) is 9.46 Å². The SMILES string of the molecule is CC1CC(=O)C=C(NS(=O)(=O)c2ccc(OC(F)(F)F)cc2)C1. The average Bonchev–Trinajstić information content (AvgIpc) is 2.35. The summed E-state index contributed by atoms with van der Waals surface area (Å²) in [6.45, 7) is 1.82. The van der Waals surface area contributed by atoms with Gasteiger partial charge in [0.25, 0.3) is 10.0 Å². The number of ether oxygens (including phenoxy) is 1. The van der Waals surface area contributed by atoms with E-state index in [-0.39, 0.29) is 22.3 Å². The second kappa shape index (κ2) is 6.23.